The van der Waals surface area contributed by atoms with Crippen molar-refractivity contribution < 1.29 is 14.8 Å². The number of hydrogen-bond acceptors (Lipinski definition) is 5. The number of imidazole rings is 1. The van der Waals surface area contributed by atoms with Gasteiger partial charge in [-0.2, -0.15) is 0 Å². The van der Waals surface area contributed by atoms with Crippen LogP contribution in [0.25, 0.3) is 0 Å². The fourth-order valence-electron chi connectivity index (χ4n) is 1.72. The van der Waals surface area contributed by atoms with E-state index in [4.69, 9.17) is 0 Å². The number of nitrogens with one attached hydrogen (secondary N) is 2. The van der Waals surface area contributed by atoms with Crippen molar-refractivity contribution in [3.05, 3.63) is 52.1 Å². The lowest BCUT2D eigenvalue weighted by Gasteiger charge is -2.12. The highest BCUT2D eigenvalue weighted by atomic mass is 16.6. The molecule has 0 saturated heterocycles. The lowest BCUT2D eigenvalue weighted by Crippen LogP contribution is -2.27. The number of carbonyl (C=O) groups excluding carboxylic acids is 1. The SMILES string of the molecule is CC(NC(=O)c1cccc([N+](=O)[O-])c1O)c1ncc[nH]1. The number of aromatic amines is 1. The maximum absolute atomic E-state index is 12.0. The molecule has 1 unspecified atom stereocenters. The Balaban J connectivity index is 2.22. The van der Waals surface area contributed by atoms with Crippen LogP contribution in [0.15, 0.2) is 30.6 Å². The number of nitro benzene ring substituents is 1. The molecule has 0 aliphatic heterocycles. The van der Waals surface area contributed by atoms with Gasteiger partial charge in [0.25, 0.3) is 5.91 Å². The first kappa shape index (κ1) is 13.5. The number of para-hydroxylation sites is 1. The lowest BCUT2D eigenvalue weighted by atomic mass is 10.1. The van der Waals surface area contributed by atoms with Crippen LogP contribution in [0.2, 0.25) is 0 Å². The largest absolute Gasteiger partial charge is 0.502 e. The van der Waals surface area contributed by atoms with Gasteiger partial charge >= 0.3 is 5.69 Å². The molecule has 0 radical (unpaired) electrons. The fraction of sp³-hybridized carbons (Fsp3) is 0.167. The van der Waals surface area contributed by atoms with E-state index in [9.17, 15) is 20.0 Å². The normalized spacial score (nSPS) is 11.8. The van der Waals surface area contributed by atoms with Gasteiger partial charge in [-0.25, -0.2) is 4.98 Å². The molecule has 8 heteroatoms. The molecule has 8 nitrogen and oxygen atoms in total. The number of nitro groups is 1. The molecule has 104 valence electrons. The quantitative estimate of drug-likeness (QED) is 0.577. The highest BCUT2D eigenvalue weighted by Gasteiger charge is 2.22. The molecule has 1 atom stereocenters. The zero-order valence-electron chi connectivity index (χ0n) is 10.5. The summed E-state index contributed by atoms with van der Waals surface area (Å²) in [4.78, 5) is 28.8. The van der Waals surface area contributed by atoms with Crippen LogP contribution in [-0.2, 0) is 0 Å². The summed E-state index contributed by atoms with van der Waals surface area (Å²) in [5, 5.41) is 23.0. The standard InChI is InChI=1S/C12H12N4O4/c1-7(11-13-5-6-14-11)15-12(18)8-3-2-4-9(10(8)17)16(19)20/h2-7,17H,1H3,(H,13,14)(H,15,18). The highest BCUT2D eigenvalue weighted by molar-refractivity contribution is 5.98. The second kappa shape index (κ2) is 5.39. The Hall–Kier alpha value is -2.90. The van der Waals surface area contributed by atoms with Gasteiger partial charge < -0.3 is 15.4 Å². The number of hydrogen-bond donors (Lipinski definition) is 3. The number of H-pyrrole nitrogens is 1. The summed E-state index contributed by atoms with van der Waals surface area (Å²) in [5.41, 5.74) is -0.666. The molecule has 1 amide bonds. The highest BCUT2D eigenvalue weighted by Crippen LogP contribution is 2.29. The molecular weight excluding hydrogens is 264 g/mol. The molecule has 0 fully saturated rings. The molecule has 0 bridgehead atoms. The lowest BCUT2D eigenvalue weighted by molar-refractivity contribution is -0.385. The van der Waals surface area contributed by atoms with Crippen molar-refractivity contribution in [3.63, 3.8) is 0 Å². The topological polar surface area (TPSA) is 121 Å². The van der Waals surface area contributed by atoms with Gasteiger partial charge in [0.05, 0.1) is 16.5 Å². The van der Waals surface area contributed by atoms with Crippen molar-refractivity contribution in [2.24, 2.45) is 0 Å². The van der Waals surface area contributed by atoms with E-state index in [1.807, 2.05) is 0 Å². The van der Waals surface area contributed by atoms with Crippen LogP contribution < -0.4 is 5.32 Å². The number of nitrogens with zero attached hydrogens (tertiary/aromatic N) is 2. The first-order valence-electron chi connectivity index (χ1n) is 5.77. The molecule has 0 aliphatic carbocycles. The zero-order valence-corrected chi connectivity index (χ0v) is 10.5. The Labute approximate surface area is 113 Å². The second-order valence-electron chi connectivity index (χ2n) is 4.10. The number of carbonyl (C=O) groups is 1. The number of phenols is 1. The monoisotopic (exact) mass is 276 g/mol. The molecule has 2 aromatic rings. The third kappa shape index (κ3) is 2.58. The van der Waals surface area contributed by atoms with Gasteiger partial charge in [0.1, 0.15) is 5.82 Å². The average molecular weight is 276 g/mol. The van der Waals surface area contributed by atoms with Gasteiger partial charge in [-0.1, -0.05) is 6.07 Å². The van der Waals surface area contributed by atoms with Gasteiger partial charge in [-0.3, -0.25) is 14.9 Å². The molecule has 0 spiro atoms. The molecule has 1 heterocycles. The van der Waals surface area contributed by atoms with Crippen LogP contribution in [0.1, 0.15) is 29.1 Å². The Morgan fingerprint density at radius 2 is 2.30 bits per heavy atom. The first-order valence-corrected chi connectivity index (χ1v) is 5.77. The zero-order chi connectivity index (χ0) is 14.7. The maximum atomic E-state index is 12.0. The van der Waals surface area contributed by atoms with Crippen molar-refractivity contribution in [3.8, 4) is 5.75 Å². The van der Waals surface area contributed by atoms with Crippen LogP contribution in [0.5, 0.6) is 5.75 Å². The first-order chi connectivity index (χ1) is 9.50. The Bertz CT molecular complexity index is 639. The summed E-state index contributed by atoms with van der Waals surface area (Å²) < 4.78 is 0. The Morgan fingerprint density at radius 1 is 1.55 bits per heavy atom. The molecule has 20 heavy (non-hydrogen) atoms. The minimum absolute atomic E-state index is 0.155. The number of aromatic hydroxyl groups is 1. The van der Waals surface area contributed by atoms with E-state index in [0.717, 1.165) is 6.07 Å². The Kier molecular flexibility index (Phi) is 3.65. The second-order valence-corrected chi connectivity index (χ2v) is 4.10. The third-order valence-electron chi connectivity index (χ3n) is 2.73. The molecule has 3 N–H and O–H groups in total. The molecule has 2 rings (SSSR count). The smallest absolute Gasteiger partial charge is 0.311 e. The summed E-state index contributed by atoms with van der Waals surface area (Å²) >= 11 is 0. The van der Waals surface area contributed by atoms with Crippen LogP contribution in [0.3, 0.4) is 0 Å². The molecule has 0 saturated carbocycles. The van der Waals surface area contributed by atoms with Gasteiger partial charge in [0.15, 0.2) is 0 Å². The fourth-order valence-corrected chi connectivity index (χ4v) is 1.72. The van der Waals surface area contributed by atoms with Crippen molar-refractivity contribution in [2.45, 2.75) is 13.0 Å². The molecule has 0 aliphatic rings. The number of benzene rings is 1. The molecule has 1 aromatic heterocycles. The maximum Gasteiger partial charge on any atom is 0.311 e. The van der Waals surface area contributed by atoms with Crippen LogP contribution in [0, 0.1) is 10.1 Å². The third-order valence-corrected chi connectivity index (χ3v) is 2.73. The minimum atomic E-state index is -0.748. The van der Waals surface area contributed by atoms with E-state index < -0.39 is 28.3 Å². The van der Waals surface area contributed by atoms with E-state index in [0.29, 0.717) is 5.82 Å². The van der Waals surface area contributed by atoms with Gasteiger partial charge in [-0.15, -0.1) is 0 Å². The van der Waals surface area contributed by atoms with Crippen molar-refractivity contribution in [2.75, 3.05) is 0 Å². The number of phenolic OH excluding ortho intramolecular Hbond substituents is 1. The van der Waals surface area contributed by atoms with E-state index >= 15 is 0 Å². The van der Waals surface area contributed by atoms with Crippen molar-refractivity contribution >= 4 is 11.6 Å². The average Bonchev–Trinajstić information content (AvgIpc) is 2.92. The van der Waals surface area contributed by atoms with Crippen LogP contribution in [-0.4, -0.2) is 25.9 Å². The summed E-state index contributed by atoms with van der Waals surface area (Å²) in [6, 6.07) is 3.36. The van der Waals surface area contributed by atoms with Crippen molar-refractivity contribution in [1.29, 1.82) is 0 Å². The van der Waals surface area contributed by atoms with Crippen LogP contribution >= 0.6 is 0 Å². The van der Waals surface area contributed by atoms with E-state index in [1.54, 1.807) is 19.3 Å². The molecule has 1 aromatic carbocycles. The molecular formula is C12H12N4O4. The Morgan fingerprint density at radius 3 is 2.90 bits per heavy atom. The predicted octanol–water partition coefficient (Wildman–Crippen LogP) is 1.51. The van der Waals surface area contributed by atoms with Gasteiger partial charge in [0.2, 0.25) is 5.75 Å². The number of rotatable bonds is 4. The van der Waals surface area contributed by atoms with Gasteiger partial charge in [-0.05, 0) is 13.0 Å². The number of amides is 1. The summed E-state index contributed by atoms with van der Waals surface area (Å²) in [5.74, 6) is -0.722. The van der Waals surface area contributed by atoms with Crippen LogP contribution in [0.4, 0.5) is 5.69 Å². The van der Waals surface area contributed by atoms with Crippen molar-refractivity contribution in [1.82, 2.24) is 15.3 Å². The number of aromatic nitrogens is 2. The van der Waals surface area contributed by atoms with E-state index in [1.165, 1.54) is 12.1 Å². The summed E-state index contributed by atoms with van der Waals surface area (Å²) in [7, 11) is 0. The van der Waals surface area contributed by atoms with Gasteiger partial charge in [0, 0.05) is 18.5 Å². The van der Waals surface area contributed by atoms with E-state index in [-0.39, 0.29) is 5.56 Å². The predicted molar refractivity (Wildman–Crippen MR) is 69.2 cm³/mol. The minimum Gasteiger partial charge on any atom is -0.502 e. The van der Waals surface area contributed by atoms with E-state index in [2.05, 4.69) is 15.3 Å². The summed E-state index contributed by atoms with van der Waals surface area (Å²) in [6.45, 7) is 1.70. The summed E-state index contributed by atoms with van der Waals surface area (Å²) in [6.07, 6.45) is 3.16.